The van der Waals surface area contributed by atoms with Gasteiger partial charge in [-0.1, -0.05) is 30.3 Å². The van der Waals surface area contributed by atoms with Crippen LogP contribution in [0.4, 0.5) is 0 Å². The number of carbonyl (C=O) groups is 1. The maximum atomic E-state index is 11.3. The van der Waals surface area contributed by atoms with Gasteiger partial charge in [0.15, 0.2) is 0 Å². The van der Waals surface area contributed by atoms with Gasteiger partial charge in [-0.05, 0) is 11.6 Å². The summed E-state index contributed by atoms with van der Waals surface area (Å²) in [6.45, 7) is 1.58. The molecule has 17 heavy (non-hydrogen) atoms. The lowest BCUT2D eigenvalue weighted by Gasteiger charge is -2.02. The van der Waals surface area contributed by atoms with Crippen LogP contribution < -0.4 is 5.73 Å². The lowest BCUT2D eigenvalue weighted by Crippen LogP contribution is -2.13. The number of carbonyl (C=O) groups excluding carboxylic acids is 1. The van der Waals surface area contributed by atoms with E-state index in [0.29, 0.717) is 19.8 Å². The fourth-order valence-electron chi connectivity index (χ4n) is 1.16. The molecule has 0 atom stereocenters. The van der Waals surface area contributed by atoms with E-state index in [1.54, 1.807) is 6.08 Å². The largest absolute Gasteiger partial charge is 0.460 e. The molecule has 0 heterocycles. The second kappa shape index (κ2) is 8.50. The first-order valence-electron chi connectivity index (χ1n) is 5.50. The Morgan fingerprint density at radius 3 is 2.65 bits per heavy atom. The van der Waals surface area contributed by atoms with Crippen LogP contribution >= 0.6 is 0 Å². The minimum atomic E-state index is -0.370. The number of nitrogens with two attached hydrogens (primary N) is 1. The number of benzene rings is 1. The average Bonchev–Trinajstić information content (AvgIpc) is 2.37. The first-order valence-corrected chi connectivity index (χ1v) is 5.50. The molecule has 1 aromatic rings. The highest BCUT2D eigenvalue weighted by Gasteiger charge is 1.96. The number of rotatable bonds is 7. The molecule has 0 fully saturated rings. The molecule has 1 aromatic carbocycles. The SMILES string of the molecule is NCCOCCOC(=O)C=Cc1ccccc1. The topological polar surface area (TPSA) is 61.6 Å². The first kappa shape index (κ1) is 13.4. The second-order valence-electron chi connectivity index (χ2n) is 3.31. The van der Waals surface area contributed by atoms with Gasteiger partial charge < -0.3 is 15.2 Å². The Hall–Kier alpha value is -1.65. The zero-order valence-electron chi connectivity index (χ0n) is 9.67. The zero-order valence-corrected chi connectivity index (χ0v) is 9.67. The smallest absolute Gasteiger partial charge is 0.330 e. The summed E-state index contributed by atoms with van der Waals surface area (Å²) >= 11 is 0. The Labute approximate surface area is 101 Å². The maximum absolute atomic E-state index is 11.3. The average molecular weight is 235 g/mol. The van der Waals surface area contributed by atoms with Gasteiger partial charge in [0.1, 0.15) is 6.61 Å². The van der Waals surface area contributed by atoms with Crippen molar-refractivity contribution in [2.24, 2.45) is 5.73 Å². The molecule has 0 unspecified atom stereocenters. The molecule has 4 heteroatoms. The first-order chi connectivity index (χ1) is 8.33. The van der Waals surface area contributed by atoms with E-state index in [-0.39, 0.29) is 12.6 Å². The Bertz CT molecular complexity index is 349. The number of hydrogen-bond donors (Lipinski definition) is 1. The highest BCUT2D eigenvalue weighted by Crippen LogP contribution is 2.00. The van der Waals surface area contributed by atoms with Gasteiger partial charge >= 0.3 is 5.97 Å². The molecule has 0 aromatic heterocycles. The van der Waals surface area contributed by atoms with Crippen LogP contribution in [-0.4, -0.2) is 32.3 Å². The van der Waals surface area contributed by atoms with Gasteiger partial charge in [0.2, 0.25) is 0 Å². The maximum Gasteiger partial charge on any atom is 0.330 e. The predicted octanol–water partition coefficient (Wildman–Crippen LogP) is 1.22. The Morgan fingerprint density at radius 2 is 1.94 bits per heavy atom. The van der Waals surface area contributed by atoms with Crippen molar-refractivity contribution in [2.75, 3.05) is 26.4 Å². The highest BCUT2D eigenvalue weighted by molar-refractivity contribution is 5.86. The van der Waals surface area contributed by atoms with Gasteiger partial charge in [-0.15, -0.1) is 0 Å². The zero-order chi connectivity index (χ0) is 12.3. The van der Waals surface area contributed by atoms with Crippen LogP contribution in [0.5, 0.6) is 0 Å². The number of hydrogen-bond acceptors (Lipinski definition) is 4. The lowest BCUT2D eigenvalue weighted by molar-refractivity contribution is -0.139. The summed E-state index contributed by atoms with van der Waals surface area (Å²) in [6.07, 6.45) is 3.11. The molecule has 92 valence electrons. The van der Waals surface area contributed by atoms with E-state index in [0.717, 1.165) is 5.56 Å². The van der Waals surface area contributed by atoms with E-state index in [2.05, 4.69) is 0 Å². The van der Waals surface area contributed by atoms with Crippen molar-refractivity contribution in [3.63, 3.8) is 0 Å². The van der Waals surface area contributed by atoms with Crippen molar-refractivity contribution in [1.82, 2.24) is 0 Å². The normalized spacial score (nSPS) is 10.6. The van der Waals surface area contributed by atoms with E-state index in [1.807, 2.05) is 30.3 Å². The summed E-state index contributed by atoms with van der Waals surface area (Å²) < 4.78 is 9.99. The Kier molecular flexibility index (Phi) is 6.70. The monoisotopic (exact) mass is 235 g/mol. The molecule has 0 bridgehead atoms. The van der Waals surface area contributed by atoms with Crippen molar-refractivity contribution in [1.29, 1.82) is 0 Å². The number of ether oxygens (including phenoxy) is 2. The molecule has 2 N–H and O–H groups in total. The van der Waals surface area contributed by atoms with E-state index in [4.69, 9.17) is 15.2 Å². The van der Waals surface area contributed by atoms with Crippen LogP contribution in [0, 0.1) is 0 Å². The summed E-state index contributed by atoms with van der Waals surface area (Å²) in [5.41, 5.74) is 6.20. The van der Waals surface area contributed by atoms with Gasteiger partial charge in [0, 0.05) is 12.6 Å². The summed E-state index contributed by atoms with van der Waals surface area (Å²) in [7, 11) is 0. The molecule has 4 nitrogen and oxygen atoms in total. The van der Waals surface area contributed by atoms with Gasteiger partial charge in [0.25, 0.3) is 0 Å². The van der Waals surface area contributed by atoms with Crippen molar-refractivity contribution in [3.8, 4) is 0 Å². The lowest BCUT2D eigenvalue weighted by atomic mass is 10.2. The molecular weight excluding hydrogens is 218 g/mol. The fraction of sp³-hybridized carbons (Fsp3) is 0.308. The van der Waals surface area contributed by atoms with E-state index < -0.39 is 0 Å². The van der Waals surface area contributed by atoms with Gasteiger partial charge in [-0.3, -0.25) is 0 Å². The van der Waals surface area contributed by atoms with E-state index in [1.165, 1.54) is 6.08 Å². The minimum absolute atomic E-state index is 0.248. The summed E-state index contributed by atoms with van der Waals surface area (Å²) in [5, 5.41) is 0. The summed E-state index contributed by atoms with van der Waals surface area (Å²) in [6, 6.07) is 9.56. The van der Waals surface area contributed by atoms with E-state index in [9.17, 15) is 4.79 Å². The molecule has 0 saturated heterocycles. The second-order valence-corrected chi connectivity index (χ2v) is 3.31. The standard InChI is InChI=1S/C13H17NO3/c14-8-9-16-10-11-17-13(15)7-6-12-4-2-1-3-5-12/h1-7H,8-11,14H2. The highest BCUT2D eigenvalue weighted by atomic mass is 16.6. The molecule has 0 radical (unpaired) electrons. The van der Waals surface area contributed by atoms with Gasteiger partial charge in [-0.2, -0.15) is 0 Å². The van der Waals surface area contributed by atoms with Crippen molar-refractivity contribution in [2.45, 2.75) is 0 Å². The van der Waals surface area contributed by atoms with Crippen molar-refractivity contribution in [3.05, 3.63) is 42.0 Å². The molecule has 0 spiro atoms. The summed E-state index contributed by atoms with van der Waals surface area (Å²) in [5.74, 6) is -0.370. The van der Waals surface area contributed by atoms with Gasteiger partial charge in [-0.25, -0.2) is 4.79 Å². The predicted molar refractivity (Wildman–Crippen MR) is 66.3 cm³/mol. The van der Waals surface area contributed by atoms with E-state index >= 15 is 0 Å². The molecule has 0 aliphatic heterocycles. The van der Waals surface area contributed by atoms with Crippen molar-refractivity contribution < 1.29 is 14.3 Å². The quantitative estimate of drug-likeness (QED) is 0.438. The molecule has 1 rings (SSSR count). The third-order valence-electron chi connectivity index (χ3n) is 1.95. The van der Waals surface area contributed by atoms with Gasteiger partial charge in [0.05, 0.1) is 13.2 Å². The molecular formula is C13H17NO3. The Balaban J connectivity index is 2.19. The number of esters is 1. The third-order valence-corrected chi connectivity index (χ3v) is 1.95. The molecule has 0 saturated carbocycles. The van der Waals surface area contributed by atoms with Crippen LogP contribution in [-0.2, 0) is 14.3 Å². The molecule has 0 aliphatic rings. The van der Waals surface area contributed by atoms with Crippen molar-refractivity contribution >= 4 is 12.0 Å². The van der Waals surface area contributed by atoms with Crippen LogP contribution in [0.1, 0.15) is 5.56 Å². The van der Waals surface area contributed by atoms with Crippen LogP contribution in [0.2, 0.25) is 0 Å². The Morgan fingerprint density at radius 1 is 1.18 bits per heavy atom. The third kappa shape index (κ3) is 6.50. The molecule has 0 amide bonds. The minimum Gasteiger partial charge on any atom is -0.460 e. The van der Waals surface area contributed by atoms with Crippen LogP contribution in [0.25, 0.3) is 6.08 Å². The summed E-state index contributed by atoms with van der Waals surface area (Å²) in [4.78, 5) is 11.3. The van der Waals surface area contributed by atoms with Crippen LogP contribution in [0.15, 0.2) is 36.4 Å². The fourth-order valence-corrected chi connectivity index (χ4v) is 1.16. The van der Waals surface area contributed by atoms with Crippen LogP contribution in [0.3, 0.4) is 0 Å². The molecule has 0 aliphatic carbocycles.